The van der Waals surface area contributed by atoms with Crippen molar-refractivity contribution < 1.29 is 6.85 Å². The van der Waals surface area contributed by atoms with Gasteiger partial charge in [-0.1, -0.05) is 152 Å². The molecule has 56 heavy (non-hydrogen) atoms. The lowest BCUT2D eigenvalue weighted by Crippen LogP contribution is -2.09. The third kappa shape index (κ3) is 5.25. The molecule has 0 unspecified atom stereocenters. The molecule has 0 amide bonds. The molecule has 1 aromatic heterocycles. The quantitative estimate of drug-likeness (QED) is 0.153. The summed E-state index contributed by atoms with van der Waals surface area (Å²) < 4.78 is 44.8. The molecule has 0 saturated heterocycles. The average Bonchev–Trinajstić information content (AvgIpc) is 3.71. The van der Waals surface area contributed by atoms with Gasteiger partial charge in [0, 0.05) is 28.3 Å². The fraction of sp³-hybridized carbons (Fsp3) is 0. The van der Waals surface area contributed by atoms with Crippen molar-refractivity contribution in [2.45, 2.75) is 0 Å². The molecule has 0 aliphatic heterocycles. The number of hydrogen-bond donors (Lipinski definition) is 0. The largest absolute Gasteiger partial charge is 0.311 e. The zero-order valence-electron chi connectivity index (χ0n) is 35.2. The van der Waals surface area contributed by atoms with E-state index in [9.17, 15) is 0 Å². The minimum Gasteiger partial charge on any atom is -0.311 e. The molecule has 1 heterocycles. The molecule has 3 nitrogen and oxygen atoms in total. The zero-order valence-corrected chi connectivity index (χ0v) is 30.2. The maximum Gasteiger partial charge on any atom is 0.145 e. The molecule has 0 aliphatic rings. The Bertz CT molecular complexity index is 3430. The van der Waals surface area contributed by atoms with Crippen molar-refractivity contribution in [3.63, 3.8) is 0 Å². The minimum atomic E-state index is -0.418. The van der Waals surface area contributed by atoms with E-state index in [1.54, 1.807) is 4.90 Å². The van der Waals surface area contributed by atoms with Crippen LogP contribution in [-0.2, 0) is 0 Å². The topological polar surface area (TPSA) is 21.1 Å². The highest BCUT2D eigenvalue weighted by Crippen LogP contribution is 2.43. The van der Waals surface area contributed by atoms with Gasteiger partial charge in [0.1, 0.15) is 5.82 Å². The lowest BCUT2D eigenvalue weighted by atomic mass is 9.87. The standard InChI is InChI=1S/C53H35N3/c1-4-12-41(13-5-1)55(42-14-6-2-7-15-42)44-30-24-37(25-31-44)46-33-27-39-28-34-47-45(32-26-38-29-35-48(46)52(39)51(38)47)36-20-22-40(23-21-36)53-54-49-18-10-11-19-50(49)56(53)43-16-8-3-9-17-43/h1-35H/i1D,4D,5D,12D,13D. The number of rotatable bonds is 7. The van der Waals surface area contributed by atoms with E-state index < -0.39 is 6.04 Å². The molecule has 0 saturated carbocycles. The summed E-state index contributed by atoms with van der Waals surface area (Å²) in [5, 5.41) is 7.09. The molecule has 262 valence electrons. The highest BCUT2D eigenvalue weighted by molar-refractivity contribution is 6.27. The Hall–Kier alpha value is -7.49. The van der Waals surface area contributed by atoms with Crippen LogP contribution in [0, 0.1) is 0 Å². The van der Waals surface area contributed by atoms with Gasteiger partial charge >= 0.3 is 0 Å². The smallest absolute Gasteiger partial charge is 0.145 e. The van der Waals surface area contributed by atoms with E-state index in [2.05, 4.69) is 120 Å². The van der Waals surface area contributed by atoms with Gasteiger partial charge in [0.05, 0.1) is 17.9 Å². The normalized spacial score (nSPS) is 12.8. The second kappa shape index (κ2) is 13.1. The van der Waals surface area contributed by atoms with Gasteiger partial charge in [-0.2, -0.15) is 0 Å². The van der Waals surface area contributed by atoms with E-state index in [1.165, 1.54) is 21.5 Å². The van der Waals surface area contributed by atoms with Gasteiger partial charge in [0.15, 0.2) is 0 Å². The van der Waals surface area contributed by atoms with Crippen LogP contribution < -0.4 is 4.90 Å². The predicted octanol–water partition coefficient (Wildman–Crippen LogP) is 14.4. The maximum atomic E-state index is 8.79. The Balaban J connectivity index is 0.998. The van der Waals surface area contributed by atoms with Crippen LogP contribution in [0.15, 0.2) is 212 Å². The lowest BCUT2D eigenvalue weighted by molar-refractivity contribution is 1.10. The van der Waals surface area contributed by atoms with Gasteiger partial charge < -0.3 is 4.90 Å². The summed E-state index contributed by atoms with van der Waals surface area (Å²) in [5.74, 6) is 0.900. The maximum absolute atomic E-state index is 8.79. The van der Waals surface area contributed by atoms with E-state index in [0.29, 0.717) is 11.4 Å². The number of aromatic nitrogens is 2. The number of anilines is 3. The summed E-state index contributed by atoms with van der Waals surface area (Å²) in [4.78, 5) is 6.82. The summed E-state index contributed by atoms with van der Waals surface area (Å²) in [6.45, 7) is 0. The Morgan fingerprint density at radius 1 is 0.429 bits per heavy atom. The molecular weight excluding hydrogens is 679 g/mol. The monoisotopic (exact) mass is 718 g/mol. The van der Waals surface area contributed by atoms with Crippen molar-refractivity contribution in [1.82, 2.24) is 9.55 Å². The third-order valence-corrected chi connectivity index (χ3v) is 10.9. The number of fused-ring (bicyclic) bond motifs is 1. The first kappa shape index (κ1) is 27.1. The van der Waals surface area contributed by atoms with Crippen LogP contribution >= 0.6 is 0 Å². The zero-order chi connectivity index (χ0) is 41.4. The van der Waals surface area contributed by atoms with Crippen molar-refractivity contribution in [3.05, 3.63) is 212 Å². The number of nitrogens with zero attached hydrogens (tertiary/aromatic N) is 3. The summed E-state index contributed by atoms with van der Waals surface area (Å²) >= 11 is 0. The Morgan fingerprint density at radius 3 is 1.59 bits per heavy atom. The molecule has 0 spiro atoms. The molecular formula is C53H35N3. The number of imidazole rings is 1. The number of hydrogen-bond acceptors (Lipinski definition) is 2. The average molecular weight is 719 g/mol. The van der Waals surface area contributed by atoms with Crippen LogP contribution in [0.2, 0.25) is 0 Å². The van der Waals surface area contributed by atoms with Crippen LogP contribution in [0.25, 0.3) is 82.7 Å². The van der Waals surface area contributed by atoms with Crippen molar-refractivity contribution in [2.24, 2.45) is 0 Å². The molecule has 3 heteroatoms. The summed E-state index contributed by atoms with van der Waals surface area (Å²) in [5.41, 5.74) is 9.98. The van der Waals surface area contributed by atoms with Gasteiger partial charge in [0.2, 0.25) is 0 Å². The van der Waals surface area contributed by atoms with Gasteiger partial charge in [-0.05, 0) is 115 Å². The molecule has 0 radical (unpaired) electrons. The molecule has 0 fully saturated rings. The first-order valence-electron chi connectivity index (χ1n) is 21.2. The van der Waals surface area contributed by atoms with Gasteiger partial charge in [0.25, 0.3) is 0 Å². The highest BCUT2D eigenvalue weighted by Gasteiger charge is 2.18. The molecule has 11 aromatic rings. The van der Waals surface area contributed by atoms with Gasteiger partial charge in [-0.25, -0.2) is 4.98 Å². The first-order valence-corrected chi connectivity index (χ1v) is 18.7. The molecule has 0 aliphatic carbocycles. The van der Waals surface area contributed by atoms with E-state index in [-0.39, 0.29) is 29.9 Å². The Labute approximate surface area is 332 Å². The third-order valence-electron chi connectivity index (χ3n) is 10.9. The first-order chi connectivity index (χ1) is 29.9. The van der Waals surface area contributed by atoms with Crippen molar-refractivity contribution in [3.8, 4) is 39.3 Å². The van der Waals surface area contributed by atoms with E-state index in [1.807, 2.05) is 66.7 Å². The van der Waals surface area contributed by atoms with Crippen molar-refractivity contribution >= 4 is 60.4 Å². The molecule has 11 rings (SSSR count). The molecule has 0 N–H and O–H groups in total. The fourth-order valence-corrected chi connectivity index (χ4v) is 8.29. The number of para-hydroxylation sites is 5. The van der Waals surface area contributed by atoms with E-state index in [0.717, 1.165) is 61.1 Å². The SMILES string of the molecule is [2H]c1c([2H])c([2H])c(N(c2ccccc2)c2ccc(-c3ccc4ccc5c(-c6ccc(-c7nc8ccccc8n7-c7ccccc7)cc6)ccc6ccc3c4c65)cc2)c([2H])c1[2H]. The van der Waals surface area contributed by atoms with Crippen LogP contribution in [0.1, 0.15) is 6.85 Å². The van der Waals surface area contributed by atoms with E-state index >= 15 is 0 Å². The predicted molar refractivity (Wildman–Crippen MR) is 236 cm³/mol. The van der Waals surface area contributed by atoms with Crippen LogP contribution in [0.5, 0.6) is 0 Å². The second-order valence-corrected chi connectivity index (χ2v) is 14.0. The van der Waals surface area contributed by atoms with Crippen LogP contribution in [0.4, 0.5) is 17.1 Å². The fourth-order valence-electron chi connectivity index (χ4n) is 8.29. The van der Waals surface area contributed by atoms with Gasteiger partial charge in [-0.15, -0.1) is 0 Å². The second-order valence-electron chi connectivity index (χ2n) is 14.0. The number of benzene rings is 10. The van der Waals surface area contributed by atoms with E-state index in [4.69, 9.17) is 11.8 Å². The summed E-state index contributed by atoms with van der Waals surface area (Å²) in [7, 11) is 0. The highest BCUT2D eigenvalue weighted by atomic mass is 15.1. The van der Waals surface area contributed by atoms with Crippen LogP contribution in [0.3, 0.4) is 0 Å². The Morgan fingerprint density at radius 2 is 0.946 bits per heavy atom. The van der Waals surface area contributed by atoms with Crippen LogP contribution in [-0.4, -0.2) is 9.55 Å². The van der Waals surface area contributed by atoms with Crippen molar-refractivity contribution in [1.29, 1.82) is 0 Å². The summed E-state index contributed by atoms with van der Waals surface area (Å²) in [6.07, 6.45) is 0. The lowest BCUT2D eigenvalue weighted by Gasteiger charge is -2.25. The molecule has 0 bridgehead atoms. The summed E-state index contributed by atoms with van der Waals surface area (Å²) in [6, 6.07) is 60.8. The Kier molecular flexibility index (Phi) is 6.36. The minimum absolute atomic E-state index is 0.102. The van der Waals surface area contributed by atoms with Crippen molar-refractivity contribution in [2.75, 3.05) is 4.90 Å². The molecule has 10 aromatic carbocycles. The van der Waals surface area contributed by atoms with Gasteiger partial charge in [-0.3, -0.25) is 4.57 Å². The molecule has 0 atom stereocenters.